The summed E-state index contributed by atoms with van der Waals surface area (Å²) in [5.41, 5.74) is 0.702. The van der Waals surface area contributed by atoms with Crippen molar-refractivity contribution < 1.29 is 23.9 Å². The van der Waals surface area contributed by atoms with E-state index in [0.29, 0.717) is 57.0 Å². The van der Waals surface area contributed by atoms with Gasteiger partial charge in [-0.2, -0.15) is 0 Å². The fraction of sp³-hybridized carbons (Fsp3) is 0.625. The first-order valence-electron chi connectivity index (χ1n) is 11.5. The summed E-state index contributed by atoms with van der Waals surface area (Å²) in [7, 11) is 1.58. The summed E-state index contributed by atoms with van der Waals surface area (Å²) < 4.78 is 11.1. The molecule has 1 aromatic rings. The number of ether oxygens (including phenoxy) is 2. The molecule has 3 saturated heterocycles. The van der Waals surface area contributed by atoms with E-state index >= 15 is 0 Å². The number of hydrogen-bond donors (Lipinski definition) is 0. The van der Waals surface area contributed by atoms with Crippen LogP contribution in [-0.4, -0.2) is 79.6 Å². The van der Waals surface area contributed by atoms with Crippen molar-refractivity contribution >= 4 is 23.4 Å². The highest BCUT2D eigenvalue weighted by Gasteiger charge is 2.40. The van der Waals surface area contributed by atoms with E-state index in [4.69, 9.17) is 9.47 Å². The number of hydrogen-bond acceptors (Lipinski definition) is 5. The number of likely N-dealkylation sites (tertiary alicyclic amines) is 1. The molecule has 0 N–H and O–H groups in total. The summed E-state index contributed by atoms with van der Waals surface area (Å²) in [4.78, 5) is 44.2. The minimum atomic E-state index is -0.361. The average molecular weight is 444 g/mol. The topological polar surface area (TPSA) is 79.4 Å². The predicted octanol–water partition coefficient (Wildman–Crippen LogP) is 1.92. The van der Waals surface area contributed by atoms with Gasteiger partial charge in [-0.25, -0.2) is 0 Å². The van der Waals surface area contributed by atoms with Crippen molar-refractivity contribution in [1.29, 1.82) is 0 Å². The van der Waals surface area contributed by atoms with Crippen LogP contribution in [0.1, 0.15) is 33.1 Å². The van der Waals surface area contributed by atoms with Gasteiger partial charge in [0.15, 0.2) is 0 Å². The first kappa shape index (κ1) is 22.6. The highest BCUT2D eigenvalue weighted by atomic mass is 16.5. The Labute approximate surface area is 189 Å². The van der Waals surface area contributed by atoms with E-state index in [1.807, 2.05) is 47.9 Å². The molecule has 1 aromatic carbocycles. The van der Waals surface area contributed by atoms with Crippen LogP contribution >= 0.6 is 0 Å². The van der Waals surface area contributed by atoms with E-state index in [1.54, 1.807) is 12.0 Å². The largest absolute Gasteiger partial charge is 0.495 e. The molecule has 3 unspecified atom stereocenters. The lowest BCUT2D eigenvalue weighted by atomic mass is 9.93. The molecule has 8 nitrogen and oxygen atoms in total. The smallest absolute Gasteiger partial charge is 0.228 e. The van der Waals surface area contributed by atoms with Gasteiger partial charge in [-0.15, -0.1) is 0 Å². The van der Waals surface area contributed by atoms with Crippen LogP contribution in [0, 0.1) is 11.8 Å². The second kappa shape index (κ2) is 9.48. The maximum Gasteiger partial charge on any atom is 0.228 e. The Hall–Kier alpha value is -2.61. The fourth-order valence-corrected chi connectivity index (χ4v) is 5.18. The number of nitrogens with zero attached hydrogens (tertiary/aromatic N) is 3. The second-order valence-corrected chi connectivity index (χ2v) is 9.18. The highest BCUT2D eigenvalue weighted by molar-refractivity contribution is 6.01. The molecule has 0 bridgehead atoms. The molecule has 0 radical (unpaired) electrons. The van der Waals surface area contributed by atoms with Crippen molar-refractivity contribution in [2.45, 2.75) is 45.3 Å². The number of methoxy groups -OCH3 is 1. The monoisotopic (exact) mass is 443 g/mol. The molecule has 0 saturated carbocycles. The molecule has 32 heavy (non-hydrogen) atoms. The number of amides is 3. The van der Waals surface area contributed by atoms with Crippen molar-refractivity contribution in [3.05, 3.63) is 24.3 Å². The van der Waals surface area contributed by atoms with Crippen LogP contribution in [0.15, 0.2) is 24.3 Å². The van der Waals surface area contributed by atoms with E-state index < -0.39 is 0 Å². The zero-order valence-electron chi connectivity index (χ0n) is 19.2. The first-order chi connectivity index (χ1) is 15.4. The number of carbonyl (C=O) groups excluding carboxylic acids is 3. The second-order valence-electron chi connectivity index (χ2n) is 9.18. The van der Waals surface area contributed by atoms with Crippen molar-refractivity contribution in [2.24, 2.45) is 11.8 Å². The van der Waals surface area contributed by atoms with E-state index in [0.717, 1.165) is 0 Å². The Morgan fingerprint density at radius 2 is 1.56 bits per heavy atom. The third kappa shape index (κ3) is 4.60. The number of carbonyl (C=O) groups is 3. The summed E-state index contributed by atoms with van der Waals surface area (Å²) in [6, 6.07) is 7.37. The lowest BCUT2D eigenvalue weighted by molar-refractivity contribution is -0.150. The van der Waals surface area contributed by atoms with Gasteiger partial charge < -0.3 is 24.2 Å². The molecule has 4 rings (SSSR count). The standard InChI is InChI=1S/C24H33N3O5/c1-16-13-26(14-17(2)32-16)23(29)18-8-10-25(11-9-18)24(30)19-12-22(28)27(15-19)20-6-4-5-7-21(20)31-3/h4-7,16-19H,8-15H2,1-3H3. The van der Waals surface area contributed by atoms with Gasteiger partial charge in [-0.05, 0) is 38.8 Å². The molecule has 3 atom stereocenters. The zero-order valence-corrected chi connectivity index (χ0v) is 19.2. The Morgan fingerprint density at radius 3 is 2.22 bits per heavy atom. The van der Waals surface area contributed by atoms with Crippen LogP contribution in [0.5, 0.6) is 5.75 Å². The number of piperidine rings is 1. The third-order valence-electron chi connectivity index (χ3n) is 6.74. The molecule has 3 aliphatic heterocycles. The molecule has 3 heterocycles. The molecule has 3 fully saturated rings. The van der Waals surface area contributed by atoms with Crippen molar-refractivity contribution in [3.63, 3.8) is 0 Å². The van der Waals surface area contributed by atoms with E-state index in [1.165, 1.54) is 0 Å². The number of anilines is 1. The summed E-state index contributed by atoms with van der Waals surface area (Å²) in [5, 5.41) is 0. The molecule has 3 aliphatic rings. The fourth-order valence-electron chi connectivity index (χ4n) is 5.18. The predicted molar refractivity (Wildman–Crippen MR) is 119 cm³/mol. The molecular weight excluding hydrogens is 410 g/mol. The van der Waals surface area contributed by atoms with Gasteiger partial charge in [0.2, 0.25) is 17.7 Å². The summed E-state index contributed by atoms with van der Waals surface area (Å²) >= 11 is 0. The van der Waals surface area contributed by atoms with Crippen molar-refractivity contribution in [2.75, 3.05) is 44.7 Å². The van der Waals surface area contributed by atoms with Crippen molar-refractivity contribution in [3.8, 4) is 5.75 Å². The molecule has 0 aromatic heterocycles. The SMILES string of the molecule is COc1ccccc1N1CC(C(=O)N2CCC(C(=O)N3CC(C)OC(C)C3)CC2)CC1=O. The number of benzene rings is 1. The quantitative estimate of drug-likeness (QED) is 0.711. The van der Waals surface area contributed by atoms with E-state index in [-0.39, 0.29) is 48.2 Å². The average Bonchev–Trinajstić information content (AvgIpc) is 3.18. The van der Waals surface area contributed by atoms with Crippen molar-refractivity contribution in [1.82, 2.24) is 9.80 Å². The Bertz CT molecular complexity index is 857. The molecule has 0 aliphatic carbocycles. The van der Waals surface area contributed by atoms with Gasteiger partial charge in [-0.3, -0.25) is 14.4 Å². The normalized spacial score (nSPS) is 27.0. The third-order valence-corrected chi connectivity index (χ3v) is 6.74. The van der Waals surface area contributed by atoms with Gasteiger partial charge in [0, 0.05) is 45.1 Å². The summed E-state index contributed by atoms with van der Waals surface area (Å²) in [6.07, 6.45) is 1.65. The molecule has 3 amide bonds. The van der Waals surface area contributed by atoms with Crippen LogP contribution in [0.4, 0.5) is 5.69 Å². The lowest BCUT2D eigenvalue weighted by Crippen LogP contribution is -2.52. The van der Waals surface area contributed by atoms with E-state index in [2.05, 4.69) is 0 Å². The molecule has 0 spiro atoms. The molecule has 174 valence electrons. The van der Waals surface area contributed by atoms with Crippen LogP contribution in [-0.2, 0) is 19.1 Å². The van der Waals surface area contributed by atoms with Crippen LogP contribution < -0.4 is 9.64 Å². The first-order valence-corrected chi connectivity index (χ1v) is 11.5. The van der Waals surface area contributed by atoms with Crippen LogP contribution in [0.25, 0.3) is 0 Å². The molecular formula is C24H33N3O5. The zero-order chi connectivity index (χ0) is 22.8. The van der Waals surface area contributed by atoms with Gasteiger partial charge in [0.1, 0.15) is 5.75 Å². The maximum atomic E-state index is 13.1. The van der Waals surface area contributed by atoms with E-state index in [9.17, 15) is 14.4 Å². The molecule has 8 heteroatoms. The van der Waals surface area contributed by atoms with Crippen LogP contribution in [0.3, 0.4) is 0 Å². The van der Waals surface area contributed by atoms with Gasteiger partial charge >= 0.3 is 0 Å². The number of para-hydroxylation sites is 2. The van der Waals surface area contributed by atoms with Gasteiger partial charge in [0.25, 0.3) is 0 Å². The van der Waals surface area contributed by atoms with Gasteiger partial charge in [-0.1, -0.05) is 12.1 Å². The summed E-state index contributed by atoms with van der Waals surface area (Å²) in [6.45, 7) is 6.73. The van der Waals surface area contributed by atoms with Crippen LogP contribution in [0.2, 0.25) is 0 Å². The minimum absolute atomic E-state index is 0.00950. The number of rotatable bonds is 4. The maximum absolute atomic E-state index is 13.1. The number of morpholine rings is 1. The Kier molecular flexibility index (Phi) is 6.69. The van der Waals surface area contributed by atoms with Gasteiger partial charge in [0.05, 0.1) is 30.9 Å². The lowest BCUT2D eigenvalue weighted by Gasteiger charge is -2.39. The summed E-state index contributed by atoms with van der Waals surface area (Å²) in [5.74, 6) is 0.341. The Morgan fingerprint density at radius 1 is 0.938 bits per heavy atom. The highest BCUT2D eigenvalue weighted by Crippen LogP contribution is 2.34. The minimum Gasteiger partial charge on any atom is -0.495 e. The Balaban J connectivity index is 1.33.